The van der Waals surface area contributed by atoms with Gasteiger partial charge in [0.15, 0.2) is 0 Å². The van der Waals surface area contributed by atoms with Gasteiger partial charge in [-0.1, -0.05) is 6.92 Å². The number of nitrogens with zero attached hydrogens (tertiary/aromatic N) is 4. The van der Waals surface area contributed by atoms with E-state index in [0.29, 0.717) is 6.54 Å². The fraction of sp³-hybridized carbons (Fsp3) is 0.500. The summed E-state index contributed by atoms with van der Waals surface area (Å²) in [5, 5.41) is 4.44. The quantitative estimate of drug-likeness (QED) is 0.828. The molecule has 0 aromatic carbocycles. The minimum atomic E-state index is 0.652. The lowest BCUT2D eigenvalue weighted by atomic mass is 10.2. The number of rotatable bonds is 5. The van der Waals surface area contributed by atoms with E-state index in [1.54, 1.807) is 0 Å². The predicted molar refractivity (Wildman–Crippen MR) is 66.7 cm³/mol. The Labute approximate surface area is 101 Å². The molecule has 5 nitrogen and oxygen atoms in total. The SMILES string of the molecule is CCc1nn(C)cc1Cn1cncc1CCN. The molecule has 0 spiro atoms. The smallest absolute Gasteiger partial charge is 0.0951 e. The largest absolute Gasteiger partial charge is 0.330 e. The number of hydrogen-bond donors (Lipinski definition) is 1. The first kappa shape index (κ1) is 11.9. The van der Waals surface area contributed by atoms with Gasteiger partial charge in [-0.3, -0.25) is 4.68 Å². The molecule has 2 heterocycles. The minimum absolute atomic E-state index is 0.652. The third kappa shape index (κ3) is 2.55. The third-order valence-corrected chi connectivity index (χ3v) is 2.87. The van der Waals surface area contributed by atoms with Crippen LogP contribution in [0.5, 0.6) is 0 Å². The van der Waals surface area contributed by atoms with E-state index in [-0.39, 0.29) is 0 Å². The van der Waals surface area contributed by atoms with Crippen LogP contribution in [0.4, 0.5) is 0 Å². The number of aryl methyl sites for hydroxylation is 2. The second-order valence-corrected chi connectivity index (χ2v) is 4.18. The van der Waals surface area contributed by atoms with Crippen molar-refractivity contribution in [3.8, 4) is 0 Å². The summed E-state index contributed by atoms with van der Waals surface area (Å²) in [5.74, 6) is 0. The lowest BCUT2D eigenvalue weighted by Gasteiger charge is -2.06. The lowest BCUT2D eigenvalue weighted by molar-refractivity contribution is 0.727. The Hall–Kier alpha value is -1.62. The fourth-order valence-corrected chi connectivity index (χ4v) is 2.04. The topological polar surface area (TPSA) is 61.7 Å². The molecule has 0 saturated carbocycles. The second kappa shape index (κ2) is 5.14. The Morgan fingerprint density at radius 2 is 2.24 bits per heavy atom. The molecule has 0 amide bonds. The zero-order valence-electron chi connectivity index (χ0n) is 10.4. The van der Waals surface area contributed by atoms with Crippen molar-refractivity contribution in [1.29, 1.82) is 0 Å². The van der Waals surface area contributed by atoms with Crippen LogP contribution in [0.3, 0.4) is 0 Å². The Morgan fingerprint density at radius 3 is 2.94 bits per heavy atom. The van der Waals surface area contributed by atoms with Crippen LogP contribution < -0.4 is 5.73 Å². The highest BCUT2D eigenvalue weighted by Crippen LogP contribution is 2.11. The van der Waals surface area contributed by atoms with E-state index in [2.05, 4.69) is 27.8 Å². The standard InChI is InChI=1S/C12H19N5/c1-3-12-10(7-16(2)15-12)8-17-9-14-6-11(17)4-5-13/h6-7,9H,3-5,8,13H2,1-2H3. The third-order valence-electron chi connectivity index (χ3n) is 2.87. The summed E-state index contributed by atoms with van der Waals surface area (Å²) in [5.41, 5.74) is 9.17. The minimum Gasteiger partial charge on any atom is -0.330 e. The average molecular weight is 233 g/mol. The summed E-state index contributed by atoms with van der Waals surface area (Å²) in [7, 11) is 1.96. The van der Waals surface area contributed by atoms with Crippen LogP contribution in [0, 0.1) is 0 Å². The van der Waals surface area contributed by atoms with Crippen molar-refractivity contribution < 1.29 is 0 Å². The van der Waals surface area contributed by atoms with Crippen LogP contribution in [-0.4, -0.2) is 25.9 Å². The monoisotopic (exact) mass is 233 g/mol. The van der Waals surface area contributed by atoms with Gasteiger partial charge >= 0.3 is 0 Å². The van der Waals surface area contributed by atoms with Crippen LogP contribution >= 0.6 is 0 Å². The average Bonchev–Trinajstić information content (AvgIpc) is 2.87. The predicted octanol–water partition coefficient (Wildman–Crippen LogP) is 0.729. The molecule has 92 valence electrons. The van der Waals surface area contributed by atoms with E-state index in [0.717, 1.165) is 25.1 Å². The van der Waals surface area contributed by atoms with Crippen LogP contribution in [0.1, 0.15) is 23.9 Å². The molecule has 2 rings (SSSR count). The molecule has 0 atom stereocenters. The van der Waals surface area contributed by atoms with Crippen molar-refractivity contribution in [2.75, 3.05) is 6.54 Å². The van der Waals surface area contributed by atoms with Crippen LogP contribution in [-0.2, 0) is 26.4 Å². The molecule has 0 aliphatic heterocycles. The van der Waals surface area contributed by atoms with Gasteiger partial charge in [0.2, 0.25) is 0 Å². The van der Waals surface area contributed by atoms with Gasteiger partial charge in [0.05, 0.1) is 18.6 Å². The highest BCUT2D eigenvalue weighted by molar-refractivity contribution is 5.18. The van der Waals surface area contributed by atoms with Crippen molar-refractivity contribution in [1.82, 2.24) is 19.3 Å². The summed E-state index contributed by atoms with van der Waals surface area (Å²) in [4.78, 5) is 4.18. The van der Waals surface area contributed by atoms with E-state index in [1.807, 2.05) is 24.3 Å². The van der Waals surface area contributed by atoms with Gasteiger partial charge in [0, 0.05) is 37.1 Å². The first-order valence-corrected chi connectivity index (χ1v) is 5.95. The van der Waals surface area contributed by atoms with Crippen molar-refractivity contribution in [3.05, 3.63) is 35.7 Å². The Morgan fingerprint density at radius 1 is 1.41 bits per heavy atom. The van der Waals surface area contributed by atoms with E-state index in [9.17, 15) is 0 Å². The van der Waals surface area contributed by atoms with E-state index >= 15 is 0 Å². The molecule has 0 radical (unpaired) electrons. The van der Waals surface area contributed by atoms with E-state index in [4.69, 9.17) is 5.73 Å². The molecule has 0 fully saturated rings. The van der Waals surface area contributed by atoms with Gasteiger partial charge in [-0.15, -0.1) is 0 Å². The molecule has 5 heteroatoms. The van der Waals surface area contributed by atoms with Crippen molar-refractivity contribution >= 4 is 0 Å². The van der Waals surface area contributed by atoms with Crippen molar-refractivity contribution in [3.63, 3.8) is 0 Å². The van der Waals surface area contributed by atoms with Crippen molar-refractivity contribution in [2.45, 2.75) is 26.3 Å². The van der Waals surface area contributed by atoms with Gasteiger partial charge in [0.25, 0.3) is 0 Å². The van der Waals surface area contributed by atoms with Crippen LogP contribution in [0.25, 0.3) is 0 Å². The van der Waals surface area contributed by atoms with Crippen LogP contribution in [0.15, 0.2) is 18.7 Å². The number of aromatic nitrogens is 4. The Bertz CT molecular complexity index is 483. The maximum atomic E-state index is 5.58. The second-order valence-electron chi connectivity index (χ2n) is 4.18. The van der Waals surface area contributed by atoms with Crippen LogP contribution in [0.2, 0.25) is 0 Å². The molecule has 17 heavy (non-hydrogen) atoms. The summed E-state index contributed by atoms with van der Waals surface area (Å²) in [6.07, 6.45) is 7.64. The molecular weight excluding hydrogens is 214 g/mol. The maximum Gasteiger partial charge on any atom is 0.0951 e. The number of nitrogens with two attached hydrogens (primary N) is 1. The molecule has 0 bridgehead atoms. The van der Waals surface area contributed by atoms with Crippen molar-refractivity contribution in [2.24, 2.45) is 12.8 Å². The molecule has 2 N–H and O–H groups in total. The normalized spacial score (nSPS) is 11.0. The Balaban J connectivity index is 2.21. The summed E-state index contributed by atoms with van der Waals surface area (Å²) in [6.45, 7) is 3.60. The maximum absolute atomic E-state index is 5.58. The zero-order valence-corrected chi connectivity index (χ0v) is 10.4. The first-order valence-electron chi connectivity index (χ1n) is 5.95. The van der Waals surface area contributed by atoms with Gasteiger partial charge < -0.3 is 10.3 Å². The van der Waals surface area contributed by atoms with Gasteiger partial charge in [-0.2, -0.15) is 5.10 Å². The highest BCUT2D eigenvalue weighted by Gasteiger charge is 2.08. The highest BCUT2D eigenvalue weighted by atomic mass is 15.3. The molecule has 0 unspecified atom stereocenters. The molecule has 0 saturated heterocycles. The van der Waals surface area contributed by atoms with E-state index < -0.39 is 0 Å². The molecule has 2 aromatic heterocycles. The molecular formula is C12H19N5. The van der Waals surface area contributed by atoms with Gasteiger partial charge in [0.1, 0.15) is 0 Å². The first-order chi connectivity index (χ1) is 8.24. The van der Waals surface area contributed by atoms with Gasteiger partial charge in [-0.05, 0) is 13.0 Å². The lowest BCUT2D eigenvalue weighted by Crippen LogP contribution is -2.09. The Kier molecular flexibility index (Phi) is 3.58. The molecule has 0 aliphatic rings. The summed E-state index contributed by atoms with van der Waals surface area (Å²) >= 11 is 0. The fourth-order valence-electron chi connectivity index (χ4n) is 2.04. The van der Waals surface area contributed by atoms with Gasteiger partial charge in [-0.25, -0.2) is 4.98 Å². The van der Waals surface area contributed by atoms with E-state index in [1.165, 1.54) is 11.3 Å². The summed E-state index contributed by atoms with van der Waals surface area (Å²) < 4.78 is 4.01. The summed E-state index contributed by atoms with van der Waals surface area (Å²) in [6, 6.07) is 0. The number of hydrogen-bond acceptors (Lipinski definition) is 3. The molecule has 0 aliphatic carbocycles. The number of imidazole rings is 1. The molecule has 2 aromatic rings. The zero-order chi connectivity index (χ0) is 12.3.